The highest BCUT2D eigenvalue weighted by molar-refractivity contribution is 14.0. The number of carbonyl (C=O) groups excluding carboxylic acids is 1. The summed E-state index contributed by atoms with van der Waals surface area (Å²) in [5.41, 5.74) is 6.05. The molecule has 0 radical (unpaired) electrons. The molecule has 8 heteroatoms. The summed E-state index contributed by atoms with van der Waals surface area (Å²) in [4.78, 5) is 15.0. The molecule has 0 spiro atoms. The Morgan fingerprint density at radius 3 is 2.39 bits per heavy atom. The van der Waals surface area contributed by atoms with E-state index < -0.39 is 5.91 Å². The van der Waals surface area contributed by atoms with Crippen molar-refractivity contribution in [3.8, 4) is 0 Å². The highest BCUT2D eigenvalue weighted by atomic mass is 127. The van der Waals surface area contributed by atoms with Gasteiger partial charge in [0.25, 0.3) is 5.91 Å². The van der Waals surface area contributed by atoms with Gasteiger partial charge in [-0.05, 0) is 29.8 Å². The normalized spacial score (nSPS) is 10.8. The van der Waals surface area contributed by atoms with Crippen LogP contribution in [-0.4, -0.2) is 18.9 Å². The van der Waals surface area contributed by atoms with Gasteiger partial charge < -0.3 is 20.8 Å². The van der Waals surface area contributed by atoms with Crippen LogP contribution in [0.4, 0.5) is 4.39 Å². The summed E-state index contributed by atoms with van der Waals surface area (Å²) in [7, 11) is 1.64. The molecule has 0 fully saturated rings. The molecule has 4 N–H and O–H groups in total. The number of amides is 1. The van der Waals surface area contributed by atoms with Gasteiger partial charge in [0, 0.05) is 13.6 Å². The average molecular weight is 432 g/mol. The molecular weight excluding hydrogens is 414 g/mol. The van der Waals surface area contributed by atoms with Crippen molar-refractivity contribution in [1.82, 2.24) is 10.6 Å². The molecule has 0 aliphatic carbocycles. The zero-order chi connectivity index (χ0) is 15.9. The number of nitrogens with zero attached hydrogens (tertiary/aromatic N) is 1. The number of nitrogens with one attached hydrogen (secondary N) is 2. The zero-order valence-electron chi connectivity index (χ0n) is 12.5. The number of halogens is 2. The Labute approximate surface area is 150 Å². The molecule has 6 nitrogen and oxygen atoms in total. The lowest BCUT2D eigenvalue weighted by Crippen LogP contribution is -2.36. The van der Waals surface area contributed by atoms with Crippen molar-refractivity contribution in [3.63, 3.8) is 0 Å². The van der Waals surface area contributed by atoms with E-state index in [1.807, 2.05) is 0 Å². The highest BCUT2D eigenvalue weighted by Crippen LogP contribution is 2.06. The van der Waals surface area contributed by atoms with Crippen LogP contribution in [0, 0.1) is 5.82 Å². The van der Waals surface area contributed by atoms with Crippen LogP contribution in [-0.2, 0) is 13.1 Å². The number of guanidine groups is 1. The summed E-state index contributed by atoms with van der Waals surface area (Å²) >= 11 is 0. The first-order chi connectivity index (χ1) is 10.6. The molecule has 1 aromatic carbocycles. The number of primary amides is 1. The van der Waals surface area contributed by atoms with E-state index in [9.17, 15) is 9.18 Å². The van der Waals surface area contributed by atoms with Crippen LogP contribution in [0.3, 0.4) is 0 Å². The summed E-state index contributed by atoms with van der Waals surface area (Å²) in [6.07, 6.45) is 0. The number of carbonyl (C=O) groups is 1. The first kappa shape index (κ1) is 18.9. The molecule has 124 valence electrons. The van der Waals surface area contributed by atoms with Gasteiger partial charge in [-0.15, -0.1) is 24.0 Å². The Kier molecular flexibility index (Phi) is 7.52. The van der Waals surface area contributed by atoms with Crippen LogP contribution in [0.2, 0.25) is 0 Å². The minimum atomic E-state index is -0.606. The summed E-state index contributed by atoms with van der Waals surface area (Å²) in [5, 5.41) is 6.13. The van der Waals surface area contributed by atoms with E-state index in [4.69, 9.17) is 10.2 Å². The van der Waals surface area contributed by atoms with Crippen molar-refractivity contribution in [2.75, 3.05) is 7.05 Å². The Bertz CT molecular complexity index is 670. The number of hydrogen-bond acceptors (Lipinski definition) is 3. The van der Waals surface area contributed by atoms with E-state index in [1.165, 1.54) is 18.2 Å². The molecule has 1 aromatic heterocycles. The van der Waals surface area contributed by atoms with Gasteiger partial charge in [-0.3, -0.25) is 9.79 Å². The molecule has 0 unspecified atom stereocenters. The summed E-state index contributed by atoms with van der Waals surface area (Å²) < 4.78 is 18.1. The molecule has 2 rings (SSSR count). The maximum Gasteiger partial charge on any atom is 0.284 e. The van der Waals surface area contributed by atoms with Gasteiger partial charge in [0.2, 0.25) is 0 Å². The van der Waals surface area contributed by atoms with Crippen LogP contribution < -0.4 is 16.4 Å². The van der Waals surface area contributed by atoms with Gasteiger partial charge in [0.05, 0.1) is 6.54 Å². The van der Waals surface area contributed by atoms with Gasteiger partial charge in [0.15, 0.2) is 11.7 Å². The van der Waals surface area contributed by atoms with Gasteiger partial charge in [-0.25, -0.2) is 4.39 Å². The van der Waals surface area contributed by atoms with Crippen LogP contribution in [0.25, 0.3) is 0 Å². The van der Waals surface area contributed by atoms with Crippen LogP contribution in [0.5, 0.6) is 0 Å². The molecule has 1 heterocycles. The maximum atomic E-state index is 12.8. The smallest absolute Gasteiger partial charge is 0.284 e. The quantitative estimate of drug-likeness (QED) is 0.383. The predicted molar refractivity (Wildman–Crippen MR) is 96.1 cm³/mol. The third-order valence-electron chi connectivity index (χ3n) is 2.93. The van der Waals surface area contributed by atoms with Gasteiger partial charge in [0.1, 0.15) is 11.6 Å². The largest absolute Gasteiger partial charge is 0.454 e. The fraction of sp³-hybridized carbons (Fsp3) is 0.200. The first-order valence-corrected chi connectivity index (χ1v) is 6.66. The maximum absolute atomic E-state index is 12.8. The molecule has 0 aliphatic rings. The number of hydrogen-bond donors (Lipinski definition) is 3. The topological polar surface area (TPSA) is 92.6 Å². The lowest BCUT2D eigenvalue weighted by atomic mass is 10.2. The van der Waals surface area contributed by atoms with Crippen LogP contribution in [0.1, 0.15) is 21.9 Å². The fourth-order valence-corrected chi connectivity index (χ4v) is 1.78. The fourth-order valence-electron chi connectivity index (χ4n) is 1.78. The molecule has 1 amide bonds. The lowest BCUT2D eigenvalue weighted by molar-refractivity contribution is 0.0972. The summed E-state index contributed by atoms with van der Waals surface area (Å²) in [6.45, 7) is 0.862. The second-order valence-electron chi connectivity index (χ2n) is 4.54. The Balaban J connectivity index is 0.00000264. The SMILES string of the molecule is CN=C(NCc1ccc(F)cc1)NCc1ccc(C(N)=O)o1.I. The second-order valence-corrected chi connectivity index (χ2v) is 4.54. The van der Waals surface area contributed by atoms with Crippen molar-refractivity contribution >= 4 is 35.8 Å². The van der Waals surface area contributed by atoms with Crippen molar-refractivity contribution < 1.29 is 13.6 Å². The zero-order valence-corrected chi connectivity index (χ0v) is 14.8. The van der Waals surface area contributed by atoms with Gasteiger partial charge in [-0.1, -0.05) is 12.1 Å². The summed E-state index contributed by atoms with van der Waals surface area (Å²) in [6, 6.07) is 9.39. The standard InChI is InChI=1S/C15H17FN4O2.HI/c1-18-15(19-8-10-2-4-11(16)5-3-10)20-9-12-6-7-13(22-12)14(17)21;/h2-7H,8-9H2,1H3,(H2,17,21)(H2,18,19,20);1H. The van der Waals surface area contributed by atoms with Gasteiger partial charge in [-0.2, -0.15) is 0 Å². The van der Waals surface area contributed by atoms with E-state index in [0.29, 0.717) is 24.8 Å². The Hall–Kier alpha value is -2.10. The van der Waals surface area contributed by atoms with E-state index in [1.54, 1.807) is 25.2 Å². The minimum absolute atomic E-state index is 0. The van der Waals surface area contributed by atoms with E-state index in [-0.39, 0.29) is 35.6 Å². The number of aliphatic imine (C=N–C) groups is 1. The summed E-state index contributed by atoms with van der Waals surface area (Å²) in [5.74, 6) is 0.366. The number of rotatable bonds is 5. The molecule has 0 aliphatic heterocycles. The minimum Gasteiger partial charge on any atom is -0.454 e. The monoisotopic (exact) mass is 432 g/mol. The Morgan fingerprint density at radius 2 is 1.83 bits per heavy atom. The first-order valence-electron chi connectivity index (χ1n) is 6.66. The molecule has 0 saturated heterocycles. The van der Waals surface area contributed by atoms with Crippen molar-refractivity contribution in [1.29, 1.82) is 0 Å². The molecule has 2 aromatic rings. The average Bonchev–Trinajstić information content (AvgIpc) is 2.98. The van der Waals surface area contributed by atoms with Crippen molar-refractivity contribution in [3.05, 3.63) is 59.3 Å². The van der Waals surface area contributed by atoms with Crippen molar-refractivity contribution in [2.24, 2.45) is 10.7 Å². The van der Waals surface area contributed by atoms with Crippen molar-refractivity contribution in [2.45, 2.75) is 13.1 Å². The molecule has 0 atom stereocenters. The molecular formula is C15H18FIN4O2. The van der Waals surface area contributed by atoms with E-state index in [0.717, 1.165) is 5.56 Å². The number of furan rings is 1. The third-order valence-corrected chi connectivity index (χ3v) is 2.93. The third kappa shape index (κ3) is 5.89. The lowest BCUT2D eigenvalue weighted by Gasteiger charge is -2.11. The Morgan fingerprint density at radius 1 is 1.17 bits per heavy atom. The highest BCUT2D eigenvalue weighted by Gasteiger charge is 2.07. The number of benzene rings is 1. The van der Waals surface area contributed by atoms with E-state index in [2.05, 4.69) is 15.6 Å². The second kappa shape index (κ2) is 9.13. The predicted octanol–water partition coefficient (Wildman–Crippen LogP) is 2.00. The van der Waals surface area contributed by atoms with Crippen LogP contribution >= 0.6 is 24.0 Å². The van der Waals surface area contributed by atoms with E-state index >= 15 is 0 Å². The molecule has 0 bridgehead atoms. The van der Waals surface area contributed by atoms with Crippen LogP contribution in [0.15, 0.2) is 45.8 Å². The molecule has 23 heavy (non-hydrogen) atoms. The number of nitrogens with two attached hydrogens (primary N) is 1. The molecule has 0 saturated carbocycles. The van der Waals surface area contributed by atoms with Gasteiger partial charge >= 0.3 is 0 Å².